The van der Waals surface area contributed by atoms with Crippen molar-refractivity contribution in [1.82, 2.24) is 0 Å². The molecule has 0 spiro atoms. The van der Waals surface area contributed by atoms with Crippen molar-refractivity contribution in [3.63, 3.8) is 0 Å². The van der Waals surface area contributed by atoms with E-state index in [1.54, 1.807) is 0 Å². The maximum absolute atomic E-state index is 5.99. The van der Waals surface area contributed by atoms with E-state index in [-0.39, 0.29) is 11.1 Å². The summed E-state index contributed by atoms with van der Waals surface area (Å²) in [5.41, 5.74) is 10.4. The summed E-state index contributed by atoms with van der Waals surface area (Å²) in [6.07, 6.45) is 6.49. The lowest BCUT2D eigenvalue weighted by molar-refractivity contribution is 0.140. The third kappa shape index (κ3) is 5.04. The lowest BCUT2D eigenvalue weighted by atomic mass is 9.90. The second-order valence-corrected chi connectivity index (χ2v) is 10.2. The first-order valence-electron chi connectivity index (χ1n) is 11.4. The highest BCUT2D eigenvalue weighted by molar-refractivity contribution is 5.81. The molecule has 31 heavy (non-hydrogen) atoms. The van der Waals surface area contributed by atoms with Crippen LogP contribution in [0.2, 0.25) is 0 Å². The van der Waals surface area contributed by atoms with Gasteiger partial charge in [-0.3, -0.25) is 0 Å². The molecular formula is C28H36N2O. The molecule has 164 valence electrons. The van der Waals surface area contributed by atoms with Gasteiger partial charge < -0.3 is 15.4 Å². The second kappa shape index (κ2) is 8.20. The monoisotopic (exact) mass is 416 g/mol. The van der Waals surface area contributed by atoms with Crippen LogP contribution in [0.5, 0.6) is 0 Å². The highest BCUT2D eigenvalue weighted by Gasteiger charge is 2.23. The van der Waals surface area contributed by atoms with E-state index in [1.165, 1.54) is 44.8 Å². The largest absolute Gasteiger partial charge is 0.381 e. The molecule has 0 atom stereocenters. The topological polar surface area (TPSA) is 33.3 Å². The molecule has 0 fully saturated rings. The number of anilines is 2. The van der Waals surface area contributed by atoms with Gasteiger partial charge in [0.1, 0.15) is 0 Å². The zero-order valence-electron chi connectivity index (χ0n) is 19.9. The van der Waals surface area contributed by atoms with E-state index in [9.17, 15) is 0 Å². The van der Waals surface area contributed by atoms with E-state index < -0.39 is 0 Å². The molecule has 2 aromatic rings. The molecular weight excluding hydrogens is 380 g/mol. The van der Waals surface area contributed by atoms with Crippen molar-refractivity contribution in [1.29, 1.82) is 0 Å². The zero-order chi connectivity index (χ0) is 22.2. The summed E-state index contributed by atoms with van der Waals surface area (Å²) < 4.78 is 5.99. The third-order valence-corrected chi connectivity index (χ3v) is 6.16. The van der Waals surface area contributed by atoms with Crippen molar-refractivity contribution in [3.8, 4) is 0 Å². The van der Waals surface area contributed by atoms with Gasteiger partial charge in [-0.25, -0.2) is 0 Å². The normalized spacial score (nSPS) is 18.1. The fourth-order valence-corrected chi connectivity index (χ4v) is 4.85. The van der Waals surface area contributed by atoms with Crippen LogP contribution in [0, 0.1) is 0 Å². The minimum Gasteiger partial charge on any atom is -0.381 e. The Labute approximate surface area is 187 Å². The van der Waals surface area contributed by atoms with Crippen LogP contribution in [0.1, 0.15) is 63.8 Å². The van der Waals surface area contributed by atoms with Gasteiger partial charge in [0.2, 0.25) is 0 Å². The van der Waals surface area contributed by atoms with Gasteiger partial charge in [-0.15, -0.1) is 0 Å². The molecule has 0 saturated carbocycles. The lowest BCUT2D eigenvalue weighted by Gasteiger charge is -2.31. The Bertz CT molecular complexity index is 959. The highest BCUT2D eigenvalue weighted by Crippen LogP contribution is 2.35. The summed E-state index contributed by atoms with van der Waals surface area (Å²) in [5.74, 6) is 0. The first kappa shape index (κ1) is 21.7. The Morgan fingerprint density at radius 3 is 1.52 bits per heavy atom. The van der Waals surface area contributed by atoms with Gasteiger partial charge in [0.25, 0.3) is 0 Å². The van der Waals surface area contributed by atoms with Crippen molar-refractivity contribution < 1.29 is 4.74 Å². The van der Waals surface area contributed by atoms with Crippen LogP contribution in [-0.4, -0.2) is 24.3 Å². The minimum atomic E-state index is 0.0129. The van der Waals surface area contributed by atoms with Crippen molar-refractivity contribution >= 4 is 22.5 Å². The quantitative estimate of drug-likeness (QED) is 0.514. The van der Waals surface area contributed by atoms with E-state index in [0.717, 1.165) is 26.1 Å². The Balaban J connectivity index is 1.29. The molecule has 2 heterocycles. The maximum Gasteiger partial charge on any atom is 0.0506 e. The fourth-order valence-electron chi connectivity index (χ4n) is 4.85. The average molecular weight is 417 g/mol. The Hall–Kier alpha value is -2.52. The van der Waals surface area contributed by atoms with E-state index in [4.69, 9.17) is 4.74 Å². The Morgan fingerprint density at radius 2 is 1.10 bits per heavy atom. The molecule has 0 radical (unpaired) electrons. The summed E-state index contributed by atoms with van der Waals surface area (Å²) in [5, 5.41) is 7.20. The van der Waals surface area contributed by atoms with Crippen LogP contribution in [0.15, 0.2) is 48.6 Å². The van der Waals surface area contributed by atoms with Gasteiger partial charge >= 0.3 is 0 Å². The lowest BCUT2D eigenvalue weighted by Crippen LogP contribution is -2.31. The van der Waals surface area contributed by atoms with Crippen LogP contribution >= 0.6 is 0 Å². The van der Waals surface area contributed by atoms with E-state index >= 15 is 0 Å². The molecule has 2 aliphatic heterocycles. The van der Waals surface area contributed by atoms with Crippen molar-refractivity contribution in [2.45, 2.75) is 65.5 Å². The highest BCUT2D eigenvalue weighted by atomic mass is 16.5. The first-order chi connectivity index (χ1) is 14.6. The van der Waals surface area contributed by atoms with Gasteiger partial charge in [0.15, 0.2) is 0 Å². The molecule has 2 N–H and O–H groups in total. The molecule has 0 saturated heterocycles. The summed E-state index contributed by atoms with van der Waals surface area (Å²) >= 11 is 0. The van der Waals surface area contributed by atoms with Crippen molar-refractivity contribution in [2.75, 3.05) is 23.8 Å². The Kier molecular flexibility index (Phi) is 5.74. The van der Waals surface area contributed by atoms with Crippen LogP contribution < -0.4 is 10.6 Å². The zero-order valence-corrected chi connectivity index (χ0v) is 19.9. The number of allylic oxidation sites excluding steroid dienone is 2. The molecule has 4 rings (SSSR count). The predicted octanol–water partition coefficient (Wildman–Crippen LogP) is 6.70. The van der Waals surface area contributed by atoms with Crippen LogP contribution in [0.3, 0.4) is 0 Å². The Morgan fingerprint density at radius 1 is 0.677 bits per heavy atom. The summed E-state index contributed by atoms with van der Waals surface area (Å²) in [4.78, 5) is 0. The molecule has 0 amide bonds. The van der Waals surface area contributed by atoms with Gasteiger partial charge in [0, 0.05) is 22.5 Å². The number of ether oxygens (including phenoxy) is 1. The van der Waals surface area contributed by atoms with Crippen molar-refractivity contribution in [3.05, 3.63) is 70.8 Å². The van der Waals surface area contributed by atoms with E-state index in [1.807, 2.05) is 0 Å². The van der Waals surface area contributed by atoms with Gasteiger partial charge in [-0.2, -0.15) is 0 Å². The average Bonchev–Trinajstić information content (AvgIpc) is 2.67. The smallest absolute Gasteiger partial charge is 0.0506 e. The van der Waals surface area contributed by atoms with E-state index in [2.05, 4.69) is 101 Å². The molecule has 0 aliphatic carbocycles. The van der Waals surface area contributed by atoms with Gasteiger partial charge in [-0.1, -0.05) is 24.3 Å². The molecule has 3 nitrogen and oxygen atoms in total. The predicted molar refractivity (Wildman–Crippen MR) is 134 cm³/mol. The van der Waals surface area contributed by atoms with Crippen LogP contribution in [0.4, 0.5) is 11.4 Å². The van der Waals surface area contributed by atoms with Gasteiger partial charge in [-0.05, 0) is 101 Å². The van der Waals surface area contributed by atoms with Gasteiger partial charge in [0.05, 0.1) is 24.3 Å². The number of benzene rings is 2. The summed E-state index contributed by atoms with van der Waals surface area (Å²) in [6.45, 7) is 14.7. The number of fused-ring (bicyclic) bond motifs is 2. The number of nitrogens with one attached hydrogen (secondary N) is 2. The summed E-state index contributed by atoms with van der Waals surface area (Å²) in [7, 11) is 0. The van der Waals surface area contributed by atoms with E-state index in [0.29, 0.717) is 0 Å². The molecule has 2 aliphatic rings. The number of rotatable bonds is 6. The molecule has 3 heteroatoms. The van der Waals surface area contributed by atoms with Crippen LogP contribution in [-0.2, 0) is 17.6 Å². The minimum absolute atomic E-state index is 0.0129. The molecule has 0 aromatic heterocycles. The second-order valence-electron chi connectivity index (χ2n) is 10.2. The molecule has 2 aromatic carbocycles. The SMILES string of the molecule is CC1=CC(C)(C)Nc2ccc(CCOCCc3ccc4c(c3)C(C)=CC(C)(C)N4)cc21. The molecule has 0 unspecified atom stereocenters. The van der Waals surface area contributed by atoms with Crippen molar-refractivity contribution in [2.24, 2.45) is 0 Å². The standard InChI is InChI=1S/C28H36N2O/c1-19-17-27(3,4)29-25-9-7-21(15-23(19)25)11-13-31-14-12-22-8-10-26-24(16-22)20(2)18-28(5,6)30-26/h7-10,15-18,29-30H,11-14H2,1-6H3. The third-order valence-electron chi connectivity index (χ3n) is 6.16. The van der Waals surface area contributed by atoms with Crippen LogP contribution in [0.25, 0.3) is 11.1 Å². The molecule has 0 bridgehead atoms. The fraction of sp³-hybridized carbons (Fsp3) is 0.429. The number of hydrogen-bond donors (Lipinski definition) is 2. The first-order valence-corrected chi connectivity index (χ1v) is 11.4. The maximum atomic E-state index is 5.99. The number of hydrogen-bond acceptors (Lipinski definition) is 3. The summed E-state index contributed by atoms with van der Waals surface area (Å²) in [6, 6.07) is 13.5.